The summed E-state index contributed by atoms with van der Waals surface area (Å²) in [4.78, 5) is 10.7. The minimum absolute atomic E-state index is 0.272. The number of aryl methyl sites for hydroxylation is 1. The minimum atomic E-state index is 0.272. The second-order valence-electron chi connectivity index (χ2n) is 3.98. The quantitative estimate of drug-likeness (QED) is 0.808. The highest BCUT2D eigenvalue weighted by Crippen LogP contribution is 2.09. The Balaban J connectivity index is 2.15. The Bertz CT molecular complexity index is 564. The number of aromatic nitrogens is 4. The molecule has 0 aliphatic carbocycles. The predicted octanol–water partition coefficient (Wildman–Crippen LogP) is 0.481. The molecule has 2 N–H and O–H groups in total. The van der Waals surface area contributed by atoms with Gasteiger partial charge in [0.05, 0.1) is 6.20 Å². The molecular formula is C11H14N6S. The van der Waals surface area contributed by atoms with Gasteiger partial charge in [0.1, 0.15) is 10.7 Å². The Morgan fingerprint density at radius 1 is 1.56 bits per heavy atom. The van der Waals surface area contributed by atoms with Crippen LogP contribution in [0.3, 0.4) is 0 Å². The number of rotatable bonds is 4. The third-order valence-corrected chi connectivity index (χ3v) is 2.62. The molecule has 0 unspecified atom stereocenters. The van der Waals surface area contributed by atoms with Crippen molar-refractivity contribution in [3.63, 3.8) is 0 Å². The monoisotopic (exact) mass is 262 g/mol. The molecule has 0 fully saturated rings. The van der Waals surface area contributed by atoms with Crippen LogP contribution in [0.5, 0.6) is 0 Å². The molecule has 0 radical (unpaired) electrons. The topological polar surface area (TPSA) is 72.9 Å². The van der Waals surface area contributed by atoms with Gasteiger partial charge in [0.15, 0.2) is 0 Å². The first-order valence-corrected chi connectivity index (χ1v) is 5.78. The summed E-state index contributed by atoms with van der Waals surface area (Å²) < 4.78 is 1.76. The maximum atomic E-state index is 5.55. The summed E-state index contributed by atoms with van der Waals surface area (Å²) in [5, 5.41) is 4.12. The molecule has 2 aromatic heterocycles. The predicted molar refractivity (Wildman–Crippen MR) is 73.2 cm³/mol. The van der Waals surface area contributed by atoms with Gasteiger partial charge in [0, 0.05) is 38.6 Å². The SMILES string of the molecule is CN(Cc1cnn(C)c1)c1nccc(C(N)=S)n1. The van der Waals surface area contributed by atoms with Gasteiger partial charge in [-0.15, -0.1) is 0 Å². The van der Waals surface area contributed by atoms with E-state index < -0.39 is 0 Å². The number of nitrogens with two attached hydrogens (primary N) is 1. The summed E-state index contributed by atoms with van der Waals surface area (Å²) in [5.41, 5.74) is 7.21. The fourth-order valence-electron chi connectivity index (χ4n) is 1.57. The summed E-state index contributed by atoms with van der Waals surface area (Å²) in [7, 11) is 3.79. The zero-order valence-electron chi connectivity index (χ0n) is 10.2. The molecule has 18 heavy (non-hydrogen) atoms. The van der Waals surface area contributed by atoms with Gasteiger partial charge in [0.25, 0.3) is 0 Å². The van der Waals surface area contributed by atoms with Crippen LogP contribution in [0.15, 0.2) is 24.7 Å². The van der Waals surface area contributed by atoms with Crippen molar-refractivity contribution in [1.29, 1.82) is 0 Å². The summed E-state index contributed by atoms with van der Waals surface area (Å²) in [6.07, 6.45) is 5.42. The van der Waals surface area contributed by atoms with Gasteiger partial charge >= 0.3 is 0 Å². The number of hydrogen-bond acceptors (Lipinski definition) is 5. The van der Waals surface area contributed by atoms with Gasteiger partial charge in [-0.2, -0.15) is 5.10 Å². The maximum absolute atomic E-state index is 5.55. The van der Waals surface area contributed by atoms with E-state index in [2.05, 4.69) is 15.1 Å². The molecule has 0 aromatic carbocycles. The van der Waals surface area contributed by atoms with E-state index in [1.54, 1.807) is 16.9 Å². The van der Waals surface area contributed by atoms with Crippen molar-refractivity contribution in [2.24, 2.45) is 12.8 Å². The fraction of sp³-hybridized carbons (Fsp3) is 0.273. The summed E-state index contributed by atoms with van der Waals surface area (Å²) in [6.45, 7) is 0.675. The van der Waals surface area contributed by atoms with Crippen LogP contribution in [0, 0.1) is 0 Å². The smallest absolute Gasteiger partial charge is 0.225 e. The maximum Gasteiger partial charge on any atom is 0.225 e. The number of anilines is 1. The first-order valence-electron chi connectivity index (χ1n) is 5.38. The molecule has 0 saturated heterocycles. The lowest BCUT2D eigenvalue weighted by Crippen LogP contribution is -2.21. The molecular weight excluding hydrogens is 248 g/mol. The third kappa shape index (κ3) is 2.80. The van der Waals surface area contributed by atoms with Crippen molar-refractivity contribution >= 4 is 23.2 Å². The van der Waals surface area contributed by atoms with E-state index in [1.165, 1.54) is 0 Å². The zero-order valence-corrected chi connectivity index (χ0v) is 11.1. The van der Waals surface area contributed by atoms with Crippen LogP contribution in [0.2, 0.25) is 0 Å². The van der Waals surface area contributed by atoms with Crippen molar-refractivity contribution in [2.45, 2.75) is 6.54 Å². The molecule has 0 bridgehead atoms. The highest BCUT2D eigenvalue weighted by Gasteiger charge is 2.08. The molecule has 6 nitrogen and oxygen atoms in total. The van der Waals surface area contributed by atoms with Crippen molar-refractivity contribution in [3.8, 4) is 0 Å². The van der Waals surface area contributed by atoms with Crippen LogP contribution in [-0.4, -0.2) is 31.8 Å². The Hall–Kier alpha value is -2.02. The van der Waals surface area contributed by atoms with Crippen LogP contribution in [-0.2, 0) is 13.6 Å². The number of thiocarbonyl (C=S) groups is 1. The first kappa shape index (κ1) is 12.4. The van der Waals surface area contributed by atoms with Crippen molar-refractivity contribution in [1.82, 2.24) is 19.7 Å². The molecule has 0 spiro atoms. The fourth-order valence-corrected chi connectivity index (χ4v) is 1.68. The molecule has 2 rings (SSSR count). The Labute approximate surface area is 110 Å². The average molecular weight is 262 g/mol. The van der Waals surface area contributed by atoms with E-state index in [0.29, 0.717) is 18.2 Å². The molecule has 0 atom stereocenters. The minimum Gasteiger partial charge on any atom is -0.388 e. The van der Waals surface area contributed by atoms with Crippen LogP contribution in [0.1, 0.15) is 11.3 Å². The van der Waals surface area contributed by atoms with Crippen LogP contribution in [0.25, 0.3) is 0 Å². The molecule has 94 valence electrons. The molecule has 2 aromatic rings. The van der Waals surface area contributed by atoms with E-state index in [1.807, 2.05) is 31.4 Å². The summed E-state index contributed by atoms with van der Waals surface area (Å²) in [6, 6.07) is 1.70. The average Bonchev–Trinajstić information content (AvgIpc) is 2.75. The van der Waals surface area contributed by atoms with Crippen molar-refractivity contribution < 1.29 is 0 Å². The van der Waals surface area contributed by atoms with Crippen molar-refractivity contribution in [2.75, 3.05) is 11.9 Å². The highest BCUT2D eigenvalue weighted by atomic mass is 32.1. The molecule has 0 aliphatic heterocycles. The van der Waals surface area contributed by atoms with Crippen LogP contribution in [0.4, 0.5) is 5.95 Å². The standard InChI is InChI=1S/C11H14N6S/c1-16(6-8-5-14-17(2)7-8)11-13-4-3-9(15-11)10(12)18/h3-5,7H,6H2,1-2H3,(H2,12,18). The van der Waals surface area contributed by atoms with Crippen LogP contribution >= 0.6 is 12.2 Å². The summed E-state index contributed by atoms with van der Waals surface area (Å²) in [5.74, 6) is 0.587. The van der Waals surface area contributed by atoms with E-state index in [4.69, 9.17) is 18.0 Å². The Morgan fingerprint density at radius 2 is 2.33 bits per heavy atom. The van der Waals surface area contributed by atoms with Gasteiger partial charge in [-0.25, -0.2) is 9.97 Å². The summed E-state index contributed by atoms with van der Waals surface area (Å²) >= 11 is 4.90. The van der Waals surface area contributed by atoms with E-state index in [-0.39, 0.29) is 4.99 Å². The van der Waals surface area contributed by atoms with Gasteiger partial charge in [0.2, 0.25) is 5.95 Å². The lowest BCUT2D eigenvalue weighted by molar-refractivity contribution is 0.766. The third-order valence-electron chi connectivity index (χ3n) is 2.41. The zero-order chi connectivity index (χ0) is 13.1. The second kappa shape index (κ2) is 5.09. The van der Waals surface area contributed by atoms with E-state index in [0.717, 1.165) is 5.56 Å². The normalized spacial score (nSPS) is 10.3. The van der Waals surface area contributed by atoms with Gasteiger partial charge in [-0.05, 0) is 6.07 Å². The van der Waals surface area contributed by atoms with Gasteiger partial charge in [-0.1, -0.05) is 12.2 Å². The highest BCUT2D eigenvalue weighted by molar-refractivity contribution is 7.80. The molecule has 7 heteroatoms. The van der Waals surface area contributed by atoms with Crippen LogP contribution < -0.4 is 10.6 Å². The molecule has 2 heterocycles. The van der Waals surface area contributed by atoms with E-state index >= 15 is 0 Å². The lowest BCUT2D eigenvalue weighted by Gasteiger charge is -2.16. The lowest BCUT2D eigenvalue weighted by atomic mass is 10.3. The van der Waals surface area contributed by atoms with Gasteiger partial charge < -0.3 is 10.6 Å². The van der Waals surface area contributed by atoms with E-state index in [9.17, 15) is 0 Å². The molecule has 0 amide bonds. The Morgan fingerprint density at radius 3 is 2.94 bits per heavy atom. The largest absolute Gasteiger partial charge is 0.388 e. The van der Waals surface area contributed by atoms with Crippen molar-refractivity contribution in [3.05, 3.63) is 35.9 Å². The molecule has 0 aliphatic rings. The van der Waals surface area contributed by atoms with Gasteiger partial charge in [-0.3, -0.25) is 4.68 Å². The number of nitrogens with zero attached hydrogens (tertiary/aromatic N) is 5. The number of hydrogen-bond donors (Lipinski definition) is 1. The molecule has 0 saturated carbocycles. The Kier molecular flexibility index (Phi) is 3.52. The second-order valence-corrected chi connectivity index (χ2v) is 4.42. The first-order chi connectivity index (χ1) is 8.56.